The van der Waals surface area contributed by atoms with Crippen LogP contribution in [0.25, 0.3) is 6.08 Å². The van der Waals surface area contributed by atoms with E-state index in [9.17, 15) is 30.3 Å². The molecule has 2 aliphatic rings. The highest BCUT2D eigenvalue weighted by atomic mass is 16.7. The lowest BCUT2D eigenvalue weighted by Crippen LogP contribution is -2.60. The first-order valence-electron chi connectivity index (χ1n) is 10.0. The summed E-state index contributed by atoms with van der Waals surface area (Å²) in [6.45, 7) is -0.364. The van der Waals surface area contributed by atoms with Gasteiger partial charge >= 0.3 is 5.97 Å². The summed E-state index contributed by atoms with van der Waals surface area (Å²) < 4.78 is 16.3. The summed E-state index contributed by atoms with van der Waals surface area (Å²) in [6, 6.07) is 6.19. The lowest BCUT2D eigenvalue weighted by molar-refractivity contribution is -0.319. The minimum Gasteiger partial charge on any atom is -0.508 e. The quantitative estimate of drug-likeness (QED) is 0.316. The lowest BCUT2D eigenvalue weighted by atomic mass is 9.94. The van der Waals surface area contributed by atoms with Crippen LogP contribution in [-0.4, -0.2) is 81.0 Å². The number of carbonyl (C=O) groups excluding carboxylic acids is 1. The van der Waals surface area contributed by atoms with E-state index in [-0.39, 0.29) is 12.4 Å². The van der Waals surface area contributed by atoms with Gasteiger partial charge < -0.3 is 39.7 Å². The average molecular weight is 424 g/mol. The number of hydrogen-bond acceptors (Lipinski definition) is 9. The fraction of sp³-hybridized carbons (Fsp3) is 0.571. The van der Waals surface area contributed by atoms with Gasteiger partial charge in [0.05, 0.1) is 12.2 Å². The summed E-state index contributed by atoms with van der Waals surface area (Å²) in [4.78, 5) is 11.9. The van der Waals surface area contributed by atoms with E-state index in [4.69, 9.17) is 14.2 Å². The van der Waals surface area contributed by atoms with Gasteiger partial charge in [-0.15, -0.1) is 0 Å². The molecule has 0 aromatic heterocycles. The number of hydrogen-bond donors (Lipinski definition) is 5. The zero-order valence-electron chi connectivity index (χ0n) is 16.4. The van der Waals surface area contributed by atoms with Crippen molar-refractivity contribution in [2.75, 3.05) is 6.61 Å². The molecular formula is C21H28O9. The molecule has 0 bridgehead atoms. The molecule has 0 amide bonds. The highest BCUT2D eigenvalue weighted by molar-refractivity contribution is 5.87. The lowest BCUT2D eigenvalue weighted by Gasteiger charge is -2.42. The van der Waals surface area contributed by atoms with Gasteiger partial charge in [0.1, 0.15) is 36.8 Å². The van der Waals surface area contributed by atoms with E-state index < -0.39 is 48.9 Å². The Labute approximate surface area is 174 Å². The minimum atomic E-state index is -1.55. The number of rotatable bonds is 6. The number of ether oxygens (including phenoxy) is 3. The predicted molar refractivity (Wildman–Crippen MR) is 104 cm³/mol. The summed E-state index contributed by atoms with van der Waals surface area (Å²) in [5.41, 5.74) is 0.678. The average Bonchev–Trinajstić information content (AvgIpc) is 2.74. The van der Waals surface area contributed by atoms with Gasteiger partial charge in [-0.25, -0.2) is 4.79 Å². The van der Waals surface area contributed by atoms with E-state index in [2.05, 4.69) is 0 Å². The van der Waals surface area contributed by atoms with E-state index in [1.54, 1.807) is 12.1 Å². The molecule has 0 unspecified atom stereocenters. The molecule has 3 rings (SSSR count). The molecular weight excluding hydrogens is 396 g/mol. The monoisotopic (exact) mass is 424 g/mol. The molecule has 2 fully saturated rings. The molecule has 1 aromatic carbocycles. The van der Waals surface area contributed by atoms with Crippen molar-refractivity contribution < 1.29 is 44.5 Å². The van der Waals surface area contributed by atoms with Crippen molar-refractivity contribution in [3.05, 3.63) is 35.9 Å². The summed E-state index contributed by atoms with van der Waals surface area (Å²) in [5.74, 6) is -0.587. The van der Waals surface area contributed by atoms with Crippen molar-refractivity contribution in [2.24, 2.45) is 0 Å². The zero-order valence-corrected chi connectivity index (χ0v) is 16.4. The molecule has 9 heteroatoms. The number of esters is 1. The van der Waals surface area contributed by atoms with Crippen LogP contribution in [0.3, 0.4) is 0 Å². The van der Waals surface area contributed by atoms with E-state index in [0.717, 1.165) is 12.8 Å². The maximum Gasteiger partial charge on any atom is 0.330 e. The van der Waals surface area contributed by atoms with Gasteiger partial charge in [-0.2, -0.15) is 0 Å². The Morgan fingerprint density at radius 3 is 2.43 bits per heavy atom. The molecule has 1 heterocycles. The maximum absolute atomic E-state index is 11.9. The van der Waals surface area contributed by atoms with E-state index in [1.165, 1.54) is 24.3 Å². The Hall–Kier alpha value is -2.01. The fourth-order valence-corrected chi connectivity index (χ4v) is 3.54. The summed E-state index contributed by atoms with van der Waals surface area (Å²) in [7, 11) is 0. The maximum atomic E-state index is 11.9. The third kappa shape index (κ3) is 5.78. The number of phenolic OH excluding ortho intramolecular Hbond substituents is 1. The zero-order chi connectivity index (χ0) is 21.7. The first kappa shape index (κ1) is 22.7. The number of aliphatic hydroxyl groups excluding tert-OH is 4. The van der Waals surface area contributed by atoms with Crippen molar-refractivity contribution in [1.82, 2.24) is 0 Å². The molecule has 1 saturated heterocycles. The standard InChI is InChI=1S/C21H28O9/c22-13-8-5-12(6-9-13)7-10-17(24)28-11-16-18(25)19(26)20(27)21(30-16)29-15-4-2-1-3-14(15)23/h5-10,14-16,18-23,25-27H,1-4,11H2/b10-7+/t14-,15+,16-,18-,19+,20-,21-/m1/s1. The van der Waals surface area contributed by atoms with Crippen molar-refractivity contribution >= 4 is 12.0 Å². The Balaban J connectivity index is 1.54. The third-order valence-corrected chi connectivity index (χ3v) is 5.34. The van der Waals surface area contributed by atoms with Gasteiger partial charge in [0.25, 0.3) is 0 Å². The van der Waals surface area contributed by atoms with Gasteiger partial charge in [0.15, 0.2) is 6.29 Å². The second kappa shape index (κ2) is 10.3. The molecule has 30 heavy (non-hydrogen) atoms. The van der Waals surface area contributed by atoms with Crippen molar-refractivity contribution in [1.29, 1.82) is 0 Å². The Bertz CT molecular complexity index is 720. The Morgan fingerprint density at radius 2 is 1.73 bits per heavy atom. The van der Waals surface area contributed by atoms with Crippen molar-refractivity contribution in [3.63, 3.8) is 0 Å². The van der Waals surface area contributed by atoms with Gasteiger partial charge in [-0.3, -0.25) is 0 Å². The van der Waals surface area contributed by atoms with E-state index in [0.29, 0.717) is 18.4 Å². The van der Waals surface area contributed by atoms with Crippen molar-refractivity contribution in [3.8, 4) is 5.75 Å². The normalized spacial score (nSPS) is 34.7. The smallest absolute Gasteiger partial charge is 0.330 e. The van der Waals surface area contributed by atoms with Crippen LogP contribution in [-0.2, 0) is 19.0 Å². The number of aromatic hydroxyl groups is 1. The number of benzene rings is 1. The van der Waals surface area contributed by atoms with Crippen LogP contribution in [0.2, 0.25) is 0 Å². The van der Waals surface area contributed by atoms with Crippen LogP contribution in [0.4, 0.5) is 0 Å². The largest absolute Gasteiger partial charge is 0.508 e. The highest BCUT2D eigenvalue weighted by Gasteiger charge is 2.46. The topological polar surface area (TPSA) is 146 Å². The highest BCUT2D eigenvalue weighted by Crippen LogP contribution is 2.28. The number of carbonyl (C=O) groups is 1. The molecule has 1 saturated carbocycles. The number of aliphatic hydroxyl groups is 4. The first-order chi connectivity index (χ1) is 14.3. The third-order valence-electron chi connectivity index (χ3n) is 5.34. The molecule has 1 aliphatic heterocycles. The molecule has 9 nitrogen and oxygen atoms in total. The van der Waals surface area contributed by atoms with Crippen LogP contribution in [0.1, 0.15) is 31.2 Å². The van der Waals surface area contributed by atoms with Crippen LogP contribution < -0.4 is 0 Å². The summed E-state index contributed by atoms with van der Waals surface area (Å²) >= 11 is 0. The second-order valence-corrected chi connectivity index (χ2v) is 7.60. The van der Waals surface area contributed by atoms with E-state index in [1.807, 2.05) is 0 Å². The van der Waals surface area contributed by atoms with Crippen LogP contribution >= 0.6 is 0 Å². The molecule has 7 atom stereocenters. The predicted octanol–water partition coefficient (Wildman–Crippen LogP) is 0.0763. The Kier molecular flexibility index (Phi) is 7.81. The summed E-state index contributed by atoms with van der Waals surface area (Å²) in [5, 5.41) is 49.8. The van der Waals surface area contributed by atoms with Gasteiger partial charge in [0, 0.05) is 6.08 Å². The molecule has 0 spiro atoms. The molecule has 1 aromatic rings. The molecule has 166 valence electrons. The van der Waals surface area contributed by atoms with Crippen molar-refractivity contribution in [2.45, 2.75) is 68.6 Å². The first-order valence-corrected chi connectivity index (χ1v) is 10.0. The minimum absolute atomic E-state index is 0.108. The molecule has 5 N–H and O–H groups in total. The van der Waals surface area contributed by atoms with Gasteiger partial charge in [0.2, 0.25) is 0 Å². The van der Waals surface area contributed by atoms with Crippen LogP contribution in [0, 0.1) is 0 Å². The number of phenols is 1. The van der Waals surface area contributed by atoms with Crippen LogP contribution in [0.15, 0.2) is 30.3 Å². The molecule has 0 radical (unpaired) electrons. The molecule has 1 aliphatic carbocycles. The SMILES string of the molecule is O=C(/C=C/c1ccc(O)cc1)OC[C@H]1O[C@@H](O[C@H]2CCCC[C@H]2O)[C@H](O)[C@@H](O)[C@@H]1O. The Morgan fingerprint density at radius 1 is 1.03 bits per heavy atom. The fourth-order valence-electron chi connectivity index (χ4n) is 3.54. The second-order valence-electron chi connectivity index (χ2n) is 7.60. The van der Waals surface area contributed by atoms with Gasteiger partial charge in [-0.1, -0.05) is 25.0 Å². The summed E-state index contributed by atoms with van der Waals surface area (Å²) in [6.07, 6.45) is -2.57. The van der Waals surface area contributed by atoms with E-state index >= 15 is 0 Å². The van der Waals surface area contributed by atoms with Gasteiger partial charge in [-0.05, 0) is 36.6 Å². The van der Waals surface area contributed by atoms with Crippen LogP contribution in [0.5, 0.6) is 5.75 Å².